The number of nitrogens with one attached hydrogen (secondary N) is 1. The zero-order valence-electron chi connectivity index (χ0n) is 9.51. The lowest BCUT2D eigenvalue weighted by Crippen LogP contribution is -2.13. The molecule has 0 radical (unpaired) electrons. The summed E-state index contributed by atoms with van der Waals surface area (Å²) in [5.74, 6) is -0.748. The van der Waals surface area contributed by atoms with Gasteiger partial charge in [-0.15, -0.1) is 0 Å². The first-order chi connectivity index (χ1) is 8.15. The Bertz CT molecular complexity index is 365. The molecule has 0 unspecified atom stereocenters. The second kappa shape index (κ2) is 7.25. The van der Waals surface area contributed by atoms with Gasteiger partial charge >= 0.3 is 0 Å². The summed E-state index contributed by atoms with van der Waals surface area (Å²) in [5, 5.41) is 2.69. The minimum atomic E-state index is -0.521. The fraction of sp³-hybridized carbons (Fsp3) is 0.417. The van der Waals surface area contributed by atoms with E-state index in [2.05, 4.69) is 5.32 Å². The predicted molar refractivity (Wildman–Crippen MR) is 67.6 cm³/mol. The van der Waals surface area contributed by atoms with Crippen LogP contribution in [0.25, 0.3) is 0 Å². The van der Waals surface area contributed by atoms with Crippen molar-refractivity contribution in [1.82, 2.24) is 0 Å². The van der Waals surface area contributed by atoms with Gasteiger partial charge in [0.2, 0.25) is 5.91 Å². The van der Waals surface area contributed by atoms with E-state index < -0.39 is 5.82 Å². The van der Waals surface area contributed by atoms with Gasteiger partial charge in [0.1, 0.15) is 5.82 Å². The van der Waals surface area contributed by atoms with E-state index >= 15 is 0 Å². The molecule has 0 bridgehead atoms. The van der Waals surface area contributed by atoms with Crippen molar-refractivity contribution in [3.05, 3.63) is 29.0 Å². The lowest BCUT2D eigenvalue weighted by atomic mass is 10.2. The second-order valence-corrected chi connectivity index (χ2v) is 4.15. The summed E-state index contributed by atoms with van der Waals surface area (Å²) in [6.07, 6.45) is 2.89. The summed E-state index contributed by atoms with van der Waals surface area (Å²) in [7, 11) is 0. The quantitative estimate of drug-likeness (QED) is 0.771. The summed E-state index contributed by atoms with van der Waals surface area (Å²) in [5.41, 5.74) is 5.39. The van der Waals surface area contributed by atoms with E-state index in [1.807, 2.05) is 0 Å². The lowest BCUT2D eigenvalue weighted by molar-refractivity contribution is -0.116. The van der Waals surface area contributed by atoms with Crippen LogP contribution in [-0.4, -0.2) is 12.5 Å². The maximum absolute atomic E-state index is 13.3. The number of halogens is 2. The van der Waals surface area contributed by atoms with Crippen molar-refractivity contribution in [3.8, 4) is 0 Å². The van der Waals surface area contributed by atoms with Crippen molar-refractivity contribution < 1.29 is 9.18 Å². The normalized spacial score (nSPS) is 10.3. The molecule has 0 saturated heterocycles. The molecule has 0 aliphatic carbocycles. The molecule has 0 atom stereocenters. The number of amides is 1. The molecule has 3 N–H and O–H groups in total. The number of carbonyl (C=O) groups excluding carboxylic acids is 1. The van der Waals surface area contributed by atoms with Crippen LogP contribution in [0.5, 0.6) is 0 Å². The average Bonchev–Trinajstić information content (AvgIpc) is 2.30. The summed E-state index contributed by atoms with van der Waals surface area (Å²) >= 11 is 5.79. The summed E-state index contributed by atoms with van der Waals surface area (Å²) in [4.78, 5) is 11.5. The van der Waals surface area contributed by atoms with E-state index in [0.717, 1.165) is 19.3 Å². The molecule has 5 heteroatoms. The molecule has 0 heterocycles. The Labute approximate surface area is 105 Å². The number of carbonyl (C=O) groups is 1. The van der Waals surface area contributed by atoms with Crippen LogP contribution in [0.3, 0.4) is 0 Å². The molecule has 1 aromatic carbocycles. The van der Waals surface area contributed by atoms with Crippen LogP contribution in [0, 0.1) is 5.82 Å². The van der Waals surface area contributed by atoms with E-state index in [1.54, 1.807) is 0 Å². The Hall–Kier alpha value is -1.13. The van der Waals surface area contributed by atoms with Crippen LogP contribution < -0.4 is 11.1 Å². The first kappa shape index (κ1) is 13.9. The third-order valence-corrected chi connectivity index (χ3v) is 2.65. The van der Waals surface area contributed by atoms with E-state index in [9.17, 15) is 9.18 Å². The number of hydrogen-bond donors (Lipinski definition) is 2. The second-order valence-electron chi connectivity index (χ2n) is 3.74. The standard InChI is InChI=1S/C12H16ClFN2O/c13-9-5-4-6-10(14)12(9)16-11(17)7-2-1-3-8-15/h4-6H,1-3,7-8,15H2,(H,16,17). The number of anilines is 1. The first-order valence-electron chi connectivity index (χ1n) is 5.59. The predicted octanol–water partition coefficient (Wildman–Crippen LogP) is 2.94. The largest absolute Gasteiger partial charge is 0.330 e. The SMILES string of the molecule is NCCCCCC(=O)Nc1c(F)cccc1Cl. The van der Waals surface area contributed by atoms with Gasteiger partial charge in [-0.05, 0) is 31.5 Å². The van der Waals surface area contributed by atoms with Crippen LogP contribution in [-0.2, 0) is 4.79 Å². The zero-order chi connectivity index (χ0) is 12.7. The molecule has 0 aliphatic rings. The highest BCUT2D eigenvalue weighted by Gasteiger charge is 2.09. The summed E-state index contributed by atoms with van der Waals surface area (Å²) in [6, 6.07) is 4.29. The first-order valence-corrected chi connectivity index (χ1v) is 5.97. The highest BCUT2D eigenvalue weighted by Crippen LogP contribution is 2.24. The zero-order valence-corrected chi connectivity index (χ0v) is 10.3. The van der Waals surface area contributed by atoms with Crippen molar-refractivity contribution in [3.63, 3.8) is 0 Å². The van der Waals surface area contributed by atoms with Crippen molar-refractivity contribution in [2.24, 2.45) is 5.73 Å². The van der Waals surface area contributed by atoms with E-state index in [1.165, 1.54) is 18.2 Å². The van der Waals surface area contributed by atoms with Gasteiger partial charge in [0.15, 0.2) is 0 Å². The lowest BCUT2D eigenvalue weighted by Gasteiger charge is -2.07. The van der Waals surface area contributed by atoms with E-state index in [4.69, 9.17) is 17.3 Å². The van der Waals surface area contributed by atoms with Crippen molar-refractivity contribution in [1.29, 1.82) is 0 Å². The Morgan fingerprint density at radius 2 is 2.12 bits per heavy atom. The Morgan fingerprint density at radius 3 is 2.76 bits per heavy atom. The minimum absolute atomic E-state index is 0.0537. The number of benzene rings is 1. The van der Waals surface area contributed by atoms with Crippen molar-refractivity contribution >= 4 is 23.2 Å². The van der Waals surface area contributed by atoms with Gasteiger partial charge in [-0.2, -0.15) is 0 Å². The van der Waals surface area contributed by atoms with Crippen LogP contribution in [0.2, 0.25) is 5.02 Å². The maximum atomic E-state index is 13.3. The molecule has 0 spiro atoms. The minimum Gasteiger partial charge on any atom is -0.330 e. The number of para-hydroxylation sites is 1. The molecule has 94 valence electrons. The molecule has 1 amide bonds. The van der Waals surface area contributed by atoms with Crippen LogP contribution >= 0.6 is 11.6 Å². The van der Waals surface area contributed by atoms with Crippen LogP contribution in [0.15, 0.2) is 18.2 Å². The van der Waals surface area contributed by atoms with Gasteiger partial charge in [-0.3, -0.25) is 4.79 Å². The topological polar surface area (TPSA) is 55.1 Å². The van der Waals surface area contributed by atoms with Crippen LogP contribution in [0.4, 0.5) is 10.1 Å². The Kier molecular flexibility index (Phi) is 5.94. The average molecular weight is 259 g/mol. The summed E-state index contributed by atoms with van der Waals surface area (Å²) < 4.78 is 13.3. The number of unbranched alkanes of at least 4 members (excludes halogenated alkanes) is 2. The summed E-state index contributed by atoms with van der Waals surface area (Å²) in [6.45, 7) is 0.626. The number of rotatable bonds is 6. The van der Waals surface area contributed by atoms with Gasteiger partial charge in [0.05, 0.1) is 10.7 Å². The van der Waals surface area contributed by atoms with E-state index in [0.29, 0.717) is 13.0 Å². The van der Waals surface area contributed by atoms with Crippen molar-refractivity contribution in [2.45, 2.75) is 25.7 Å². The third-order valence-electron chi connectivity index (χ3n) is 2.34. The molecule has 3 nitrogen and oxygen atoms in total. The molecule has 0 saturated carbocycles. The van der Waals surface area contributed by atoms with Gasteiger partial charge < -0.3 is 11.1 Å². The molecule has 0 fully saturated rings. The fourth-order valence-corrected chi connectivity index (χ4v) is 1.64. The molecule has 1 aromatic rings. The Morgan fingerprint density at radius 1 is 1.35 bits per heavy atom. The molecular weight excluding hydrogens is 243 g/mol. The maximum Gasteiger partial charge on any atom is 0.224 e. The van der Waals surface area contributed by atoms with Gasteiger partial charge in [0, 0.05) is 6.42 Å². The highest BCUT2D eigenvalue weighted by atomic mass is 35.5. The molecule has 0 aromatic heterocycles. The van der Waals surface area contributed by atoms with Crippen LogP contribution in [0.1, 0.15) is 25.7 Å². The number of nitrogens with two attached hydrogens (primary N) is 1. The smallest absolute Gasteiger partial charge is 0.224 e. The molecule has 1 rings (SSSR count). The fourth-order valence-electron chi connectivity index (χ4n) is 1.43. The third kappa shape index (κ3) is 4.71. The van der Waals surface area contributed by atoms with E-state index in [-0.39, 0.29) is 16.6 Å². The molecule has 17 heavy (non-hydrogen) atoms. The van der Waals surface area contributed by atoms with Gasteiger partial charge in [-0.25, -0.2) is 4.39 Å². The van der Waals surface area contributed by atoms with Gasteiger partial charge in [-0.1, -0.05) is 24.1 Å². The van der Waals surface area contributed by atoms with Crippen molar-refractivity contribution in [2.75, 3.05) is 11.9 Å². The van der Waals surface area contributed by atoms with Gasteiger partial charge in [0.25, 0.3) is 0 Å². The Balaban J connectivity index is 2.45. The highest BCUT2D eigenvalue weighted by molar-refractivity contribution is 6.33. The molecule has 0 aliphatic heterocycles. The number of hydrogen-bond acceptors (Lipinski definition) is 2. The monoisotopic (exact) mass is 258 g/mol. The molecular formula is C12H16ClFN2O.